The van der Waals surface area contributed by atoms with Crippen LogP contribution < -0.4 is 10.2 Å². The number of ketones is 1. The number of halogens is 2. The van der Waals surface area contributed by atoms with Gasteiger partial charge in [0.05, 0.1) is 22.8 Å². The summed E-state index contributed by atoms with van der Waals surface area (Å²) in [6.45, 7) is 0.251. The van der Waals surface area contributed by atoms with Crippen molar-refractivity contribution in [3.05, 3.63) is 39.9 Å². The summed E-state index contributed by atoms with van der Waals surface area (Å²) < 4.78 is 42.5. The number of nitrogens with one attached hydrogen (secondary N) is 2. The summed E-state index contributed by atoms with van der Waals surface area (Å²) >= 11 is 3.04. The van der Waals surface area contributed by atoms with E-state index in [0.29, 0.717) is 18.5 Å². The van der Waals surface area contributed by atoms with Crippen molar-refractivity contribution < 1.29 is 27.4 Å². The van der Waals surface area contributed by atoms with Crippen molar-refractivity contribution in [2.75, 3.05) is 12.8 Å². The Morgan fingerprint density at radius 3 is 2.76 bits per heavy atom. The van der Waals surface area contributed by atoms with Crippen LogP contribution in [0.25, 0.3) is 0 Å². The molecule has 0 aliphatic heterocycles. The fourth-order valence-electron chi connectivity index (χ4n) is 2.30. The average molecular weight is 492 g/mol. The van der Waals surface area contributed by atoms with Crippen LogP contribution in [0.2, 0.25) is 0 Å². The van der Waals surface area contributed by atoms with Gasteiger partial charge in [0.25, 0.3) is 0 Å². The van der Waals surface area contributed by atoms with Gasteiger partial charge in [-0.2, -0.15) is 0 Å². The van der Waals surface area contributed by atoms with Gasteiger partial charge in [0.2, 0.25) is 10.0 Å². The third-order valence-electron chi connectivity index (χ3n) is 3.64. The molecule has 2 rings (SSSR count). The molecule has 0 aliphatic rings. The molecule has 0 aliphatic carbocycles. The molecular weight excluding hydrogens is 473 g/mol. The Morgan fingerprint density at radius 2 is 2.10 bits per heavy atom. The monoisotopic (exact) mass is 491 g/mol. The Hall–Kier alpha value is -2.22. The van der Waals surface area contributed by atoms with Crippen molar-refractivity contribution in [3.8, 4) is 0 Å². The zero-order valence-electron chi connectivity index (χ0n) is 15.4. The third kappa shape index (κ3) is 7.61. The van der Waals surface area contributed by atoms with Crippen LogP contribution in [0, 0.1) is 5.82 Å². The van der Waals surface area contributed by atoms with Crippen LogP contribution >= 0.6 is 15.9 Å². The maximum Gasteiger partial charge on any atom is 0.208 e. The number of aromatic nitrogens is 2. The summed E-state index contributed by atoms with van der Waals surface area (Å²) in [5.41, 5.74) is 2.40. The van der Waals surface area contributed by atoms with Crippen LogP contribution in [-0.2, 0) is 21.2 Å². The van der Waals surface area contributed by atoms with Crippen molar-refractivity contribution in [2.24, 2.45) is 4.99 Å². The van der Waals surface area contributed by atoms with Crippen molar-refractivity contribution in [3.63, 3.8) is 0 Å². The van der Waals surface area contributed by atoms with E-state index in [1.165, 1.54) is 18.2 Å². The van der Waals surface area contributed by atoms with E-state index in [4.69, 9.17) is 0 Å². The predicted octanol–water partition coefficient (Wildman–Crippen LogP) is 1.86. The van der Waals surface area contributed by atoms with Crippen LogP contribution in [0.4, 0.5) is 10.1 Å². The summed E-state index contributed by atoms with van der Waals surface area (Å²) in [5, 5.41) is 16.7. The Balaban J connectivity index is 2.00. The van der Waals surface area contributed by atoms with Gasteiger partial charge in [0, 0.05) is 13.0 Å². The summed E-state index contributed by atoms with van der Waals surface area (Å²) in [6.07, 6.45) is 2.17. The largest absolute Gasteiger partial charge is 0.299 e. The molecule has 0 unspecified atom stereocenters. The molecule has 0 atom stereocenters. The Morgan fingerprint density at radius 1 is 1.34 bits per heavy atom. The summed E-state index contributed by atoms with van der Waals surface area (Å²) in [5.74, 6) is -0.753. The first-order valence-corrected chi connectivity index (χ1v) is 11.1. The van der Waals surface area contributed by atoms with Crippen LogP contribution in [0.3, 0.4) is 0 Å². The molecule has 2 aromatic rings. The van der Waals surface area contributed by atoms with E-state index < -0.39 is 15.8 Å². The molecule has 1 aromatic carbocycles. The predicted molar refractivity (Wildman–Crippen MR) is 105 cm³/mol. The fourth-order valence-corrected chi connectivity index (χ4v) is 3.18. The molecular formula is C16H19BrFN5O5S. The topological polar surface area (TPSA) is 147 Å². The van der Waals surface area contributed by atoms with Gasteiger partial charge in [-0.25, -0.2) is 27.2 Å². The highest BCUT2D eigenvalue weighted by atomic mass is 79.9. The lowest BCUT2D eigenvalue weighted by Gasteiger charge is -2.04. The minimum atomic E-state index is -3.25. The van der Waals surface area contributed by atoms with Crippen molar-refractivity contribution >= 4 is 43.3 Å². The number of aliphatic imine (C=N–C) groups is 1. The molecule has 13 heteroatoms. The third-order valence-corrected chi connectivity index (χ3v) is 4.98. The first-order chi connectivity index (χ1) is 13.7. The first kappa shape index (κ1) is 23.1. The molecule has 1 heterocycles. The summed E-state index contributed by atoms with van der Waals surface area (Å²) in [7, 11) is -3.25. The number of unbranched alkanes of at least 4 members (excludes halogenated alkanes) is 1. The number of carbonyl (C=O) groups excluding carboxylic acids is 1. The second-order valence-electron chi connectivity index (χ2n) is 6.07. The van der Waals surface area contributed by atoms with E-state index in [1.807, 2.05) is 5.48 Å². The quantitative estimate of drug-likeness (QED) is 0.197. The smallest absolute Gasteiger partial charge is 0.208 e. The van der Waals surface area contributed by atoms with Gasteiger partial charge in [0.1, 0.15) is 17.3 Å². The lowest BCUT2D eigenvalue weighted by Crippen LogP contribution is -2.23. The molecule has 3 N–H and O–H groups in total. The van der Waals surface area contributed by atoms with Gasteiger partial charge in [0.15, 0.2) is 11.5 Å². The number of benzene rings is 1. The molecule has 0 fully saturated rings. The van der Waals surface area contributed by atoms with E-state index in [0.717, 1.165) is 6.26 Å². The lowest BCUT2D eigenvalue weighted by molar-refractivity contribution is -0.118. The minimum Gasteiger partial charge on any atom is -0.299 e. The zero-order chi connectivity index (χ0) is 21.4. The molecule has 0 amide bonds. The van der Waals surface area contributed by atoms with E-state index in [1.54, 1.807) is 0 Å². The second kappa shape index (κ2) is 10.5. The molecule has 1 aromatic heterocycles. The number of hydrogen-bond donors (Lipinski definition) is 3. The highest BCUT2D eigenvalue weighted by Crippen LogP contribution is 2.23. The van der Waals surface area contributed by atoms with Crippen LogP contribution in [0.1, 0.15) is 30.7 Å². The van der Waals surface area contributed by atoms with Crippen molar-refractivity contribution in [2.45, 2.75) is 25.7 Å². The molecule has 0 saturated heterocycles. The van der Waals surface area contributed by atoms with E-state index >= 15 is 0 Å². The maximum absolute atomic E-state index is 13.3. The van der Waals surface area contributed by atoms with Crippen LogP contribution in [-0.4, -0.2) is 48.4 Å². The van der Waals surface area contributed by atoms with E-state index in [9.17, 15) is 22.8 Å². The van der Waals surface area contributed by atoms with E-state index in [-0.39, 0.29) is 46.9 Å². The van der Waals surface area contributed by atoms with Crippen LogP contribution in [0.5, 0.6) is 0 Å². The zero-order valence-corrected chi connectivity index (χ0v) is 17.8. The molecule has 0 radical (unpaired) electrons. The number of amidine groups is 1. The Kier molecular flexibility index (Phi) is 8.37. The lowest BCUT2D eigenvalue weighted by atomic mass is 10.1. The first-order valence-electron chi connectivity index (χ1n) is 8.41. The molecule has 0 saturated carbocycles. The van der Waals surface area contributed by atoms with Gasteiger partial charge in [-0.1, -0.05) is 5.16 Å². The molecule has 0 spiro atoms. The highest BCUT2D eigenvalue weighted by molar-refractivity contribution is 9.10. The Labute approximate surface area is 174 Å². The average Bonchev–Trinajstić information content (AvgIpc) is 3.09. The number of carbonyl (C=O) groups is 1. The van der Waals surface area contributed by atoms with Gasteiger partial charge < -0.3 is 0 Å². The molecule has 158 valence electrons. The van der Waals surface area contributed by atoms with Gasteiger partial charge in [-0.15, -0.1) is 0 Å². The standard InChI is InChI=1S/C16H19BrFN5O5S/c1-29(26,27)19-7-3-2-4-11(24)9-14-15(23-28-22-14)16(21-25)20-10-5-6-13(18)12(17)8-10/h5-6,8,19,25H,2-4,7,9H2,1H3,(H,20,21). The van der Waals surface area contributed by atoms with Gasteiger partial charge in [-0.3, -0.25) is 15.5 Å². The summed E-state index contributed by atoms with van der Waals surface area (Å²) in [4.78, 5) is 16.3. The number of Topliss-reactive ketones (excluding diaryl/α,β-unsaturated/α-hetero) is 1. The fraction of sp³-hybridized carbons (Fsp3) is 0.375. The molecule has 10 nitrogen and oxygen atoms in total. The number of sulfonamides is 1. The number of hydroxylamine groups is 1. The highest BCUT2D eigenvalue weighted by Gasteiger charge is 2.19. The van der Waals surface area contributed by atoms with Crippen molar-refractivity contribution in [1.29, 1.82) is 0 Å². The van der Waals surface area contributed by atoms with Crippen molar-refractivity contribution in [1.82, 2.24) is 20.5 Å². The van der Waals surface area contributed by atoms with Gasteiger partial charge >= 0.3 is 0 Å². The molecule has 29 heavy (non-hydrogen) atoms. The number of nitrogens with zero attached hydrogens (tertiary/aromatic N) is 3. The molecule has 0 bridgehead atoms. The number of rotatable bonds is 10. The number of hydrogen-bond acceptors (Lipinski definition) is 8. The normalized spacial score (nSPS) is 12.2. The minimum absolute atomic E-state index is 0.0417. The van der Waals surface area contributed by atoms with Gasteiger partial charge in [-0.05, 0) is 52.1 Å². The summed E-state index contributed by atoms with van der Waals surface area (Å²) in [6, 6.07) is 3.98. The van der Waals surface area contributed by atoms with Crippen LogP contribution in [0.15, 0.2) is 32.3 Å². The van der Waals surface area contributed by atoms with E-state index in [2.05, 4.69) is 40.6 Å². The SMILES string of the molecule is CS(=O)(=O)NCCCCC(=O)Cc1nonc1C(=Nc1ccc(F)c(Br)c1)NO. The second-order valence-corrected chi connectivity index (χ2v) is 8.76. The maximum atomic E-state index is 13.3. The Bertz CT molecular complexity index is 995.